The highest BCUT2D eigenvalue weighted by Crippen LogP contribution is 2.05. The number of carbonyl (C=O) groups is 1. The van der Waals surface area contributed by atoms with Crippen molar-refractivity contribution in [3.05, 3.63) is 35.4 Å². The lowest BCUT2D eigenvalue weighted by Crippen LogP contribution is -2.29. The van der Waals surface area contributed by atoms with E-state index in [1.54, 1.807) is 0 Å². The summed E-state index contributed by atoms with van der Waals surface area (Å²) in [5.74, 6) is -0.00657. The predicted molar refractivity (Wildman–Crippen MR) is 66.5 cm³/mol. The summed E-state index contributed by atoms with van der Waals surface area (Å²) < 4.78 is 0. The van der Waals surface area contributed by atoms with Crippen LogP contribution >= 0.6 is 15.9 Å². The fourth-order valence-electron chi connectivity index (χ4n) is 1.15. The number of benzene rings is 1. The number of aryl methyl sites for hydroxylation is 1. The monoisotopic (exact) mass is 269 g/mol. The molecule has 0 heterocycles. The van der Waals surface area contributed by atoms with Crippen LogP contribution in [0.15, 0.2) is 24.3 Å². The van der Waals surface area contributed by atoms with Gasteiger partial charge in [0.05, 0.1) is 0 Å². The van der Waals surface area contributed by atoms with Gasteiger partial charge < -0.3 is 5.32 Å². The zero-order valence-corrected chi connectivity index (χ0v) is 10.7. The van der Waals surface area contributed by atoms with E-state index in [1.165, 1.54) is 5.56 Å². The molecule has 1 aromatic rings. The summed E-state index contributed by atoms with van der Waals surface area (Å²) in [4.78, 5) is 12.0. The Morgan fingerprint density at radius 3 is 2.53 bits per heavy atom. The molecule has 3 heteroatoms. The molecule has 1 N–H and O–H groups in total. The van der Waals surface area contributed by atoms with Crippen molar-refractivity contribution in [2.24, 2.45) is 0 Å². The minimum atomic E-state index is -0.00657. The van der Waals surface area contributed by atoms with Gasteiger partial charge in [-0.1, -0.05) is 40.5 Å². The molecule has 1 amide bonds. The van der Waals surface area contributed by atoms with Crippen LogP contribution in [0.4, 0.5) is 0 Å². The smallest absolute Gasteiger partial charge is 0.251 e. The maximum atomic E-state index is 11.6. The molecule has 2 nitrogen and oxygen atoms in total. The first-order chi connectivity index (χ1) is 7.13. The average Bonchev–Trinajstić information content (AvgIpc) is 2.26. The molecule has 82 valence electrons. The van der Waals surface area contributed by atoms with Crippen LogP contribution in [0.3, 0.4) is 0 Å². The highest BCUT2D eigenvalue weighted by molar-refractivity contribution is 9.09. The third kappa shape index (κ3) is 4.04. The van der Waals surface area contributed by atoms with Crippen LogP contribution in [-0.2, 0) is 0 Å². The topological polar surface area (TPSA) is 29.1 Å². The minimum Gasteiger partial charge on any atom is -0.351 e. The molecule has 1 rings (SSSR count). The molecule has 1 aromatic carbocycles. The maximum Gasteiger partial charge on any atom is 0.251 e. The summed E-state index contributed by atoms with van der Waals surface area (Å²) in [6.45, 7) is 4.76. The third-order valence-corrected chi connectivity index (χ3v) is 3.21. The molecule has 0 bridgehead atoms. The standard InChI is InChI=1S/C12H16BrNO/c1-3-11(13)8-14-12(15)10-6-4-9(2)5-7-10/h4-7,11H,3,8H2,1-2H3,(H,14,15). The number of rotatable bonds is 4. The number of halogens is 1. The first kappa shape index (κ1) is 12.2. The lowest BCUT2D eigenvalue weighted by Gasteiger charge is -2.08. The van der Waals surface area contributed by atoms with Gasteiger partial charge in [0.1, 0.15) is 0 Å². The molecule has 0 aliphatic rings. The Balaban J connectivity index is 2.50. The van der Waals surface area contributed by atoms with Crippen molar-refractivity contribution in [2.45, 2.75) is 25.1 Å². The summed E-state index contributed by atoms with van der Waals surface area (Å²) in [5, 5.41) is 2.88. The fourth-order valence-corrected chi connectivity index (χ4v) is 1.32. The summed E-state index contributed by atoms with van der Waals surface area (Å²) in [6.07, 6.45) is 1.01. The van der Waals surface area contributed by atoms with E-state index in [1.807, 2.05) is 31.2 Å². The van der Waals surface area contributed by atoms with Gasteiger partial charge in [-0.2, -0.15) is 0 Å². The lowest BCUT2D eigenvalue weighted by atomic mass is 10.1. The van der Waals surface area contributed by atoms with E-state index in [-0.39, 0.29) is 5.91 Å². The number of alkyl halides is 1. The van der Waals surface area contributed by atoms with Crippen LogP contribution in [0.25, 0.3) is 0 Å². The summed E-state index contributed by atoms with van der Waals surface area (Å²) >= 11 is 3.47. The Morgan fingerprint density at radius 1 is 1.40 bits per heavy atom. The molecule has 15 heavy (non-hydrogen) atoms. The van der Waals surface area contributed by atoms with Gasteiger partial charge in [0, 0.05) is 16.9 Å². The molecule has 0 aliphatic heterocycles. The Labute approximate surface area is 99.2 Å². The molecular formula is C12H16BrNO. The first-order valence-electron chi connectivity index (χ1n) is 5.12. The van der Waals surface area contributed by atoms with Crippen molar-refractivity contribution >= 4 is 21.8 Å². The SMILES string of the molecule is CCC(Br)CNC(=O)c1ccc(C)cc1. The van der Waals surface area contributed by atoms with Crippen molar-refractivity contribution in [1.29, 1.82) is 0 Å². The zero-order chi connectivity index (χ0) is 11.3. The van der Waals surface area contributed by atoms with Crippen LogP contribution in [0, 0.1) is 6.92 Å². The predicted octanol–water partition coefficient (Wildman–Crippen LogP) is 2.90. The van der Waals surface area contributed by atoms with Crippen LogP contribution in [0.5, 0.6) is 0 Å². The number of hydrogen-bond acceptors (Lipinski definition) is 1. The number of amides is 1. The lowest BCUT2D eigenvalue weighted by molar-refractivity contribution is 0.0954. The second-order valence-electron chi connectivity index (χ2n) is 3.58. The van der Waals surface area contributed by atoms with Gasteiger partial charge in [0.2, 0.25) is 0 Å². The normalized spacial score (nSPS) is 12.2. The van der Waals surface area contributed by atoms with E-state index in [4.69, 9.17) is 0 Å². The van der Waals surface area contributed by atoms with E-state index in [0.717, 1.165) is 12.0 Å². The van der Waals surface area contributed by atoms with Crippen LogP contribution < -0.4 is 5.32 Å². The quantitative estimate of drug-likeness (QED) is 0.837. The van der Waals surface area contributed by atoms with E-state index < -0.39 is 0 Å². The van der Waals surface area contributed by atoms with Crippen LogP contribution in [-0.4, -0.2) is 17.3 Å². The van der Waals surface area contributed by atoms with E-state index >= 15 is 0 Å². The van der Waals surface area contributed by atoms with Gasteiger partial charge in [-0.3, -0.25) is 4.79 Å². The summed E-state index contributed by atoms with van der Waals surface area (Å²) in [6, 6.07) is 7.58. The Kier molecular flexibility index (Phi) is 4.82. The van der Waals surface area contributed by atoms with Crippen molar-refractivity contribution in [3.8, 4) is 0 Å². The maximum absolute atomic E-state index is 11.6. The number of hydrogen-bond donors (Lipinski definition) is 1. The second kappa shape index (κ2) is 5.91. The van der Waals surface area contributed by atoms with Gasteiger partial charge in [-0.15, -0.1) is 0 Å². The first-order valence-corrected chi connectivity index (χ1v) is 6.04. The fraction of sp³-hybridized carbons (Fsp3) is 0.417. The zero-order valence-electron chi connectivity index (χ0n) is 9.09. The minimum absolute atomic E-state index is 0.00657. The van der Waals surface area contributed by atoms with E-state index in [2.05, 4.69) is 28.2 Å². The van der Waals surface area contributed by atoms with Crippen molar-refractivity contribution < 1.29 is 4.79 Å². The highest BCUT2D eigenvalue weighted by atomic mass is 79.9. The largest absolute Gasteiger partial charge is 0.351 e. The van der Waals surface area contributed by atoms with E-state index in [9.17, 15) is 4.79 Å². The Bertz CT molecular complexity index is 321. The molecule has 0 saturated heterocycles. The number of carbonyl (C=O) groups excluding carboxylic acids is 1. The molecule has 0 saturated carbocycles. The Morgan fingerprint density at radius 2 is 2.00 bits per heavy atom. The average molecular weight is 270 g/mol. The van der Waals surface area contributed by atoms with Gasteiger partial charge in [0.15, 0.2) is 0 Å². The van der Waals surface area contributed by atoms with Crippen molar-refractivity contribution in [3.63, 3.8) is 0 Å². The summed E-state index contributed by atoms with van der Waals surface area (Å²) in [5.41, 5.74) is 1.88. The van der Waals surface area contributed by atoms with Gasteiger partial charge in [-0.25, -0.2) is 0 Å². The van der Waals surface area contributed by atoms with Crippen LogP contribution in [0.2, 0.25) is 0 Å². The van der Waals surface area contributed by atoms with E-state index in [0.29, 0.717) is 11.4 Å². The van der Waals surface area contributed by atoms with Crippen molar-refractivity contribution in [1.82, 2.24) is 5.32 Å². The molecule has 1 unspecified atom stereocenters. The highest BCUT2D eigenvalue weighted by Gasteiger charge is 2.06. The number of nitrogens with one attached hydrogen (secondary N) is 1. The van der Waals surface area contributed by atoms with Crippen molar-refractivity contribution in [2.75, 3.05) is 6.54 Å². The molecule has 0 aromatic heterocycles. The Hall–Kier alpha value is -0.830. The van der Waals surface area contributed by atoms with Gasteiger partial charge >= 0.3 is 0 Å². The molecule has 0 radical (unpaired) electrons. The molecule has 0 aliphatic carbocycles. The molecular weight excluding hydrogens is 254 g/mol. The van der Waals surface area contributed by atoms with Gasteiger partial charge in [0.25, 0.3) is 5.91 Å². The summed E-state index contributed by atoms with van der Waals surface area (Å²) in [7, 11) is 0. The second-order valence-corrected chi connectivity index (χ2v) is 4.88. The van der Waals surface area contributed by atoms with Gasteiger partial charge in [-0.05, 0) is 25.5 Å². The third-order valence-electron chi connectivity index (χ3n) is 2.24. The van der Waals surface area contributed by atoms with Crippen LogP contribution in [0.1, 0.15) is 29.3 Å². The molecule has 1 atom stereocenters. The molecule has 0 spiro atoms. The molecule has 0 fully saturated rings.